The molecule has 2 N–H and O–H groups in total. The van der Waals surface area contributed by atoms with Crippen molar-refractivity contribution in [3.8, 4) is 6.01 Å². The number of rotatable bonds is 6. The monoisotopic (exact) mass is 348 g/mol. The van der Waals surface area contributed by atoms with Crippen LogP contribution in [-0.4, -0.2) is 66.0 Å². The molecule has 0 aliphatic carbocycles. The highest BCUT2D eigenvalue weighted by Gasteiger charge is 2.51. The standard InChI is InChI=1S/C17H29BN4O3/c1-16(2)17(3,4)25-18(24-16)14-9-20-15(21-10-14)23-12-13-5-7-22(11-13)8-6-19/h9-10,13H,5-8,11-12,19H2,1-4H3/t13-/m0/s1. The van der Waals surface area contributed by atoms with Crippen LogP contribution in [0.2, 0.25) is 0 Å². The first kappa shape index (κ1) is 18.6. The minimum absolute atomic E-state index is 0.370. The van der Waals surface area contributed by atoms with Crippen molar-refractivity contribution in [3.05, 3.63) is 12.4 Å². The van der Waals surface area contributed by atoms with E-state index in [0.29, 0.717) is 25.1 Å². The van der Waals surface area contributed by atoms with Crippen LogP contribution in [0.4, 0.5) is 0 Å². The van der Waals surface area contributed by atoms with Crippen molar-refractivity contribution in [2.45, 2.75) is 45.3 Å². The second kappa shape index (κ2) is 7.19. The number of hydrogen-bond donors (Lipinski definition) is 1. The van der Waals surface area contributed by atoms with E-state index < -0.39 is 7.12 Å². The van der Waals surface area contributed by atoms with E-state index in [2.05, 4.69) is 14.9 Å². The highest BCUT2D eigenvalue weighted by molar-refractivity contribution is 6.61. The third kappa shape index (κ3) is 4.14. The maximum atomic E-state index is 6.01. The molecule has 0 amide bonds. The Balaban J connectivity index is 1.52. The molecule has 1 atom stereocenters. The molecule has 7 nitrogen and oxygen atoms in total. The number of aromatic nitrogens is 2. The summed E-state index contributed by atoms with van der Waals surface area (Å²) in [5.74, 6) is 0.512. The van der Waals surface area contributed by atoms with Gasteiger partial charge in [0.2, 0.25) is 0 Å². The number of nitrogens with two attached hydrogens (primary N) is 1. The molecule has 2 aliphatic heterocycles. The van der Waals surface area contributed by atoms with Gasteiger partial charge in [0.25, 0.3) is 0 Å². The third-order valence-electron chi connectivity index (χ3n) is 5.44. The fraction of sp³-hybridized carbons (Fsp3) is 0.765. The Labute approximate surface area is 150 Å². The average Bonchev–Trinajstić information content (AvgIpc) is 3.08. The molecule has 138 valence electrons. The highest BCUT2D eigenvalue weighted by atomic mass is 16.7. The zero-order valence-corrected chi connectivity index (χ0v) is 15.7. The maximum absolute atomic E-state index is 6.01. The molecule has 0 aromatic carbocycles. The second-order valence-electron chi connectivity index (χ2n) is 7.94. The Hall–Kier alpha value is -1.22. The van der Waals surface area contributed by atoms with E-state index in [4.69, 9.17) is 19.8 Å². The molecular weight excluding hydrogens is 319 g/mol. The lowest BCUT2D eigenvalue weighted by Crippen LogP contribution is -2.41. The number of nitrogens with zero attached hydrogens (tertiary/aromatic N) is 3. The summed E-state index contributed by atoms with van der Waals surface area (Å²) in [6.45, 7) is 12.5. The molecule has 3 heterocycles. The van der Waals surface area contributed by atoms with E-state index >= 15 is 0 Å². The predicted octanol–water partition coefficient (Wildman–Crippen LogP) is 0.435. The summed E-state index contributed by atoms with van der Waals surface area (Å²) in [5, 5.41) is 0. The molecule has 8 heteroatoms. The quantitative estimate of drug-likeness (QED) is 0.747. The van der Waals surface area contributed by atoms with Gasteiger partial charge in [-0.25, -0.2) is 9.97 Å². The van der Waals surface area contributed by atoms with Crippen molar-refractivity contribution in [1.29, 1.82) is 0 Å². The van der Waals surface area contributed by atoms with Crippen LogP contribution in [0.15, 0.2) is 12.4 Å². The Morgan fingerprint density at radius 3 is 2.48 bits per heavy atom. The first-order valence-electron chi connectivity index (χ1n) is 9.03. The number of ether oxygens (including phenoxy) is 1. The summed E-state index contributed by atoms with van der Waals surface area (Å²) in [5.41, 5.74) is 5.67. The van der Waals surface area contributed by atoms with Crippen LogP contribution in [0.1, 0.15) is 34.1 Å². The lowest BCUT2D eigenvalue weighted by molar-refractivity contribution is 0.00578. The van der Waals surface area contributed by atoms with E-state index in [1.165, 1.54) is 0 Å². The number of likely N-dealkylation sites (tertiary alicyclic amines) is 1. The van der Waals surface area contributed by atoms with Crippen LogP contribution in [0.5, 0.6) is 6.01 Å². The molecule has 2 saturated heterocycles. The first-order valence-corrected chi connectivity index (χ1v) is 9.03. The SMILES string of the molecule is CC1(C)OB(c2cnc(OC[C@H]3CCN(CCN)C3)nc2)OC1(C)C. The molecule has 0 bridgehead atoms. The Morgan fingerprint density at radius 2 is 1.88 bits per heavy atom. The minimum atomic E-state index is -0.446. The van der Waals surface area contributed by atoms with Crippen LogP contribution in [0.25, 0.3) is 0 Å². The molecule has 25 heavy (non-hydrogen) atoms. The average molecular weight is 348 g/mol. The van der Waals surface area contributed by atoms with Gasteiger partial charge in [-0.3, -0.25) is 0 Å². The van der Waals surface area contributed by atoms with Crippen molar-refractivity contribution < 1.29 is 14.0 Å². The van der Waals surface area contributed by atoms with Gasteiger partial charge in [-0.1, -0.05) is 0 Å². The Bertz CT molecular complexity index is 566. The van der Waals surface area contributed by atoms with E-state index in [-0.39, 0.29) is 11.2 Å². The molecule has 0 unspecified atom stereocenters. The maximum Gasteiger partial charge on any atom is 0.498 e. The molecule has 0 radical (unpaired) electrons. The minimum Gasteiger partial charge on any atom is -0.463 e. The molecule has 2 fully saturated rings. The van der Waals surface area contributed by atoms with Crippen LogP contribution in [0.3, 0.4) is 0 Å². The van der Waals surface area contributed by atoms with E-state index in [0.717, 1.165) is 31.5 Å². The molecular formula is C17H29BN4O3. The van der Waals surface area contributed by atoms with Crippen LogP contribution in [0, 0.1) is 5.92 Å². The lowest BCUT2D eigenvalue weighted by Gasteiger charge is -2.32. The fourth-order valence-electron chi connectivity index (χ4n) is 3.13. The Morgan fingerprint density at radius 1 is 1.24 bits per heavy atom. The van der Waals surface area contributed by atoms with Gasteiger partial charge in [-0.2, -0.15) is 0 Å². The van der Waals surface area contributed by atoms with Crippen molar-refractivity contribution in [1.82, 2.24) is 14.9 Å². The van der Waals surface area contributed by atoms with Crippen LogP contribution < -0.4 is 15.9 Å². The highest BCUT2D eigenvalue weighted by Crippen LogP contribution is 2.36. The topological polar surface area (TPSA) is 82.7 Å². The van der Waals surface area contributed by atoms with Crippen LogP contribution >= 0.6 is 0 Å². The third-order valence-corrected chi connectivity index (χ3v) is 5.44. The number of hydrogen-bond acceptors (Lipinski definition) is 7. The summed E-state index contributed by atoms with van der Waals surface area (Å²) in [7, 11) is -0.446. The van der Waals surface area contributed by atoms with Gasteiger partial charge in [0.15, 0.2) is 0 Å². The van der Waals surface area contributed by atoms with E-state index in [1.807, 2.05) is 27.7 Å². The molecule has 0 saturated carbocycles. The lowest BCUT2D eigenvalue weighted by atomic mass is 9.81. The first-order chi connectivity index (χ1) is 11.8. The fourth-order valence-corrected chi connectivity index (χ4v) is 3.13. The van der Waals surface area contributed by atoms with Crippen LogP contribution in [-0.2, 0) is 9.31 Å². The Kier molecular flexibility index (Phi) is 5.34. The zero-order chi connectivity index (χ0) is 18.1. The normalized spacial score (nSPS) is 25.5. The molecule has 1 aromatic heterocycles. The molecule has 3 rings (SSSR count). The summed E-state index contributed by atoms with van der Waals surface area (Å²) >= 11 is 0. The van der Waals surface area contributed by atoms with Gasteiger partial charge in [-0.05, 0) is 40.7 Å². The van der Waals surface area contributed by atoms with Gasteiger partial charge >= 0.3 is 13.1 Å². The predicted molar refractivity (Wildman–Crippen MR) is 96.8 cm³/mol. The van der Waals surface area contributed by atoms with Crippen molar-refractivity contribution >= 4 is 12.6 Å². The summed E-state index contributed by atoms with van der Waals surface area (Å²) < 4.78 is 17.8. The summed E-state index contributed by atoms with van der Waals surface area (Å²) in [6.07, 6.45) is 4.58. The van der Waals surface area contributed by atoms with Gasteiger partial charge in [0.05, 0.1) is 17.8 Å². The van der Waals surface area contributed by atoms with Gasteiger partial charge in [0.1, 0.15) is 0 Å². The van der Waals surface area contributed by atoms with E-state index in [9.17, 15) is 0 Å². The molecule has 2 aliphatic rings. The van der Waals surface area contributed by atoms with Gasteiger partial charge < -0.3 is 24.7 Å². The molecule has 0 spiro atoms. The van der Waals surface area contributed by atoms with Crippen molar-refractivity contribution in [2.24, 2.45) is 11.7 Å². The van der Waals surface area contributed by atoms with E-state index in [1.54, 1.807) is 12.4 Å². The second-order valence-corrected chi connectivity index (χ2v) is 7.94. The molecule has 1 aromatic rings. The summed E-state index contributed by atoms with van der Waals surface area (Å²) in [4.78, 5) is 11.0. The van der Waals surface area contributed by atoms with Gasteiger partial charge in [-0.15, -0.1) is 0 Å². The zero-order valence-electron chi connectivity index (χ0n) is 15.7. The van der Waals surface area contributed by atoms with Crippen molar-refractivity contribution in [3.63, 3.8) is 0 Å². The van der Waals surface area contributed by atoms with Crippen molar-refractivity contribution in [2.75, 3.05) is 32.8 Å². The van der Waals surface area contributed by atoms with Gasteiger partial charge in [0, 0.05) is 43.4 Å². The summed E-state index contributed by atoms with van der Waals surface area (Å²) in [6, 6.07) is 0.401. The smallest absolute Gasteiger partial charge is 0.463 e. The largest absolute Gasteiger partial charge is 0.498 e.